The zero-order valence-corrected chi connectivity index (χ0v) is 18.9. The van der Waals surface area contributed by atoms with E-state index in [0.717, 1.165) is 12.2 Å². The molecule has 172 valence electrons. The summed E-state index contributed by atoms with van der Waals surface area (Å²) in [5.41, 5.74) is 1.82. The van der Waals surface area contributed by atoms with Crippen molar-refractivity contribution in [2.45, 2.75) is 24.3 Å². The van der Waals surface area contributed by atoms with Crippen LogP contribution in [0.1, 0.15) is 28.8 Å². The quantitative estimate of drug-likeness (QED) is 0.618. The van der Waals surface area contributed by atoms with E-state index in [1.165, 1.54) is 36.4 Å². The minimum Gasteiger partial charge on any atom is -0.495 e. The molecule has 0 spiro atoms. The predicted octanol–water partition coefficient (Wildman–Crippen LogP) is 2.90. The molecule has 0 unspecified atom stereocenters. The first-order valence-corrected chi connectivity index (χ1v) is 12.2. The molecule has 1 saturated carbocycles. The number of nitrogens with one attached hydrogen (secondary N) is 1. The maximum absolute atomic E-state index is 13.1. The van der Waals surface area contributed by atoms with E-state index in [4.69, 9.17) is 14.2 Å². The fourth-order valence-corrected chi connectivity index (χ4v) is 5.11. The van der Waals surface area contributed by atoms with E-state index in [1.807, 2.05) is 18.2 Å². The zero-order valence-electron chi connectivity index (χ0n) is 18.1. The molecule has 0 aromatic heterocycles. The number of ether oxygens (including phenoxy) is 3. The molecular weight excluding hydrogens is 432 g/mol. The molecule has 2 aliphatic rings. The fraction of sp³-hybridized carbons (Fsp3) is 0.435. The van der Waals surface area contributed by atoms with Gasteiger partial charge in [0.15, 0.2) is 0 Å². The van der Waals surface area contributed by atoms with Crippen LogP contribution in [0, 0.1) is 5.92 Å². The summed E-state index contributed by atoms with van der Waals surface area (Å²) >= 11 is 0. The molecule has 9 heteroatoms. The van der Waals surface area contributed by atoms with Crippen molar-refractivity contribution in [3.05, 3.63) is 53.6 Å². The van der Waals surface area contributed by atoms with E-state index in [0.29, 0.717) is 31.4 Å². The second-order valence-electron chi connectivity index (χ2n) is 8.00. The highest BCUT2D eigenvalue weighted by atomic mass is 32.2. The molecule has 0 bridgehead atoms. The van der Waals surface area contributed by atoms with Gasteiger partial charge in [-0.2, -0.15) is 4.31 Å². The van der Waals surface area contributed by atoms with Crippen molar-refractivity contribution in [2.24, 2.45) is 5.92 Å². The molecule has 4 rings (SSSR count). The van der Waals surface area contributed by atoms with Gasteiger partial charge in [-0.05, 0) is 54.7 Å². The van der Waals surface area contributed by atoms with Crippen LogP contribution in [-0.4, -0.2) is 58.7 Å². The Morgan fingerprint density at radius 2 is 1.94 bits per heavy atom. The summed E-state index contributed by atoms with van der Waals surface area (Å²) in [7, 11) is -2.41. The van der Waals surface area contributed by atoms with E-state index < -0.39 is 15.9 Å². The number of amides is 1. The smallest absolute Gasteiger partial charge is 0.255 e. The van der Waals surface area contributed by atoms with Gasteiger partial charge >= 0.3 is 0 Å². The average molecular weight is 461 g/mol. The molecule has 0 radical (unpaired) electrons. The number of carbonyl (C=O) groups excluding carboxylic acids is 1. The Hall–Kier alpha value is -2.46. The van der Waals surface area contributed by atoms with E-state index in [2.05, 4.69) is 5.32 Å². The summed E-state index contributed by atoms with van der Waals surface area (Å²) in [5, 5.41) is 2.84. The number of morpholine rings is 1. The van der Waals surface area contributed by atoms with Crippen LogP contribution >= 0.6 is 0 Å². The van der Waals surface area contributed by atoms with Gasteiger partial charge in [0, 0.05) is 30.9 Å². The molecular formula is C23H28N2O6S. The molecule has 32 heavy (non-hydrogen) atoms. The molecule has 1 aliphatic carbocycles. The van der Waals surface area contributed by atoms with Crippen molar-refractivity contribution in [1.29, 1.82) is 0 Å². The highest BCUT2D eigenvalue weighted by molar-refractivity contribution is 7.89. The van der Waals surface area contributed by atoms with Crippen molar-refractivity contribution in [3.8, 4) is 5.75 Å². The van der Waals surface area contributed by atoms with Gasteiger partial charge in [0.25, 0.3) is 5.91 Å². The maximum atomic E-state index is 13.1. The predicted molar refractivity (Wildman–Crippen MR) is 119 cm³/mol. The van der Waals surface area contributed by atoms with Gasteiger partial charge in [-0.3, -0.25) is 4.79 Å². The molecule has 8 nitrogen and oxygen atoms in total. The highest BCUT2D eigenvalue weighted by Crippen LogP contribution is 2.30. The van der Waals surface area contributed by atoms with Crippen LogP contribution in [0.3, 0.4) is 0 Å². The van der Waals surface area contributed by atoms with Crippen LogP contribution in [0.5, 0.6) is 5.75 Å². The van der Waals surface area contributed by atoms with Crippen LogP contribution in [0.25, 0.3) is 0 Å². The Morgan fingerprint density at radius 1 is 1.16 bits per heavy atom. The molecule has 2 aromatic carbocycles. The third-order valence-corrected chi connectivity index (χ3v) is 7.44. The van der Waals surface area contributed by atoms with Crippen LogP contribution < -0.4 is 10.1 Å². The monoisotopic (exact) mass is 460 g/mol. The van der Waals surface area contributed by atoms with E-state index in [1.54, 1.807) is 12.1 Å². The number of rotatable bonds is 9. The summed E-state index contributed by atoms with van der Waals surface area (Å²) in [6.45, 7) is 2.45. The van der Waals surface area contributed by atoms with Crippen LogP contribution in [0.15, 0.2) is 47.4 Å². The zero-order chi connectivity index (χ0) is 22.6. The number of hydrogen-bond donors (Lipinski definition) is 1. The lowest BCUT2D eigenvalue weighted by atomic mass is 10.1. The van der Waals surface area contributed by atoms with Gasteiger partial charge in [-0.1, -0.05) is 12.1 Å². The standard InChI is InChI=1S/C23H28N2O6S/c1-29-21-8-7-19(14-22(21)32(27,28)25-9-11-30-12-10-25)23(26)24-20-4-2-3-18(13-20)16-31-15-17-5-6-17/h2-4,7-8,13-14,17H,5-6,9-12,15-16H2,1H3,(H,24,26). The largest absolute Gasteiger partial charge is 0.495 e. The van der Waals surface area contributed by atoms with Crippen molar-refractivity contribution < 1.29 is 27.4 Å². The number of carbonyl (C=O) groups is 1. The van der Waals surface area contributed by atoms with Gasteiger partial charge in [0.05, 0.1) is 26.9 Å². The van der Waals surface area contributed by atoms with E-state index in [-0.39, 0.29) is 29.3 Å². The third kappa shape index (κ3) is 5.47. The number of nitrogens with zero attached hydrogens (tertiary/aromatic N) is 1. The summed E-state index contributed by atoms with van der Waals surface area (Å²) in [4.78, 5) is 12.8. The Balaban J connectivity index is 1.49. The van der Waals surface area contributed by atoms with Gasteiger partial charge < -0.3 is 19.5 Å². The van der Waals surface area contributed by atoms with E-state index >= 15 is 0 Å². The Kier molecular flexibility index (Phi) is 7.10. The molecule has 1 aliphatic heterocycles. The summed E-state index contributed by atoms with van der Waals surface area (Å²) in [6.07, 6.45) is 2.47. The van der Waals surface area contributed by atoms with Gasteiger partial charge in [-0.25, -0.2) is 8.42 Å². The Bertz CT molecular complexity index is 1060. The summed E-state index contributed by atoms with van der Waals surface area (Å²) < 4.78 is 43.9. The number of anilines is 1. The average Bonchev–Trinajstić information content (AvgIpc) is 3.64. The number of benzene rings is 2. The molecule has 2 fully saturated rings. The minimum absolute atomic E-state index is 0.0308. The van der Waals surface area contributed by atoms with Crippen molar-refractivity contribution in [2.75, 3.05) is 45.3 Å². The molecule has 0 atom stereocenters. The lowest BCUT2D eigenvalue weighted by Crippen LogP contribution is -2.40. The maximum Gasteiger partial charge on any atom is 0.255 e. The molecule has 1 heterocycles. The van der Waals surface area contributed by atoms with Crippen LogP contribution in [-0.2, 0) is 26.1 Å². The lowest BCUT2D eigenvalue weighted by Gasteiger charge is -2.26. The van der Waals surface area contributed by atoms with Crippen molar-refractivity contribution in [1.82, 2.24) is 4.31 Å². The molecule has 1 amide bonds. The van der Waals surface area contributed by atoms with Gasteiger partial charge in [-0.15, -0.1) is 0 Å². The van der Waals surface area contributed by atoms with Crippen molar-refractivity contribution >= 4 is 21.6 Å². The second kappa shape index (κ2) is 9.99. The topological polar surface area (TPSA) is 94.2 Å². The Morgan fingerprint density at radius 3 is 2.66 bits per heavy atom. The van der Waals surface area contributed by atoms with Gasteiger partial charge in [0.2, 0.25) is 10.0 Å². The number of methoxy groups -OCH3 is 1. The third-order valence-electron chi connectivity index (χ3n) is 5.52. The van der Waals surface area contributed by atoms with Crippen LogP contribution in [0.4, 0.5) is 5.69 Å². The first kappa shape index (κ1) is 22.7. The summed E-state index contributed by atoms with van der Waals surface area (Å²) in [6, 6.07) is 11.9. The number of sulfonamides is 1. The normalized spacial score (nSPS) is 17.2. The van der Waals surface area contributed by atoms with Crippen LogP contribution in [0.2, 0.25) is 0 Å². The van der Waals surface area contributed by atoms with Crippen molar-refractivity contribution in [3.63, 3.8) is 0 Å². The summed E-state index contributed by atoms with van der Waals surface area (Å²) in [5.74, 6) is 0.487. The van der Waals surface area contributed by atoms with E-state index in [9.17, 15) is 13.2 Å². The molecule has 1 saturated heterocycles. The lowest BCUT2D eigenvalue weighted by molar-refractivity contribution is 0.0729. The minimum atomic E-state index is -3.82. The fourth-order valence-electron chi connectivity index (χ4n) is 3.52. The van der Waals surface area contributed by atoms with Gasteiger partial charge in [0.1, 0.15) is 10.6 Å². The Labute approximate surface area is 188 Å². The SMILES string of the molecule is COc1ccc(C(=O)Nc2cccc(COCC3CC3)c2)cc1S(=O)(=O)N1CCOCC1. The number of hydrogen-bond acceptors (Lipinski definition) is 6. The molecule has 2 aromatic rings. The highest BCUT2D eigenvalue weighted by Gasteiger charge is 2.30. The first-order valence-electron chi connectivity index (χ1n) is 10.7. The second-order valence-corrected chi connectivity index (χ2v) is 9.90. The first-order chi connectivity index (χ1) is 15.5. The molecule has 1 N–H and O–H groups in total.